The van der Waals surface area contributed by atoms with E-state index >= 15 is 0 Å². The van der Waals surface area contributed by atoms with Crippen LogP contribution in [0.5, 0.6) is 11.5 Å². The summed E-state index contributed by atoms with van der Waals surface area (Å²) >= 11 is 0. The molecule has 0 fully saturated rings. The molecular weight excluding hydrogens is 507 g/mol. The predicted octanol–water partition coefficient (Wildman–Crippen LogP) is 2.91. The number of carbonyl (C=O) groups excluding carboxylic acids is 1. The molecule has 31 heavy (non-hydrogen) atoms. The van der Waals surface area contributed by atoms with Crippen molar-refractivity contribution in [1.29, 1.82) is 0 Å². The summed E-state index contributed by atoms with van der Waals surface area (Å²) < 4.78 is 10.7. The van der Waals surface area contributed by atoms with Crippen molar-refractivity contribution in [3.05, 3.63) is 59.2 Å². The van der Waals surface area contributed by atoms with Crippen LogP contribution in [0.2, 0.25) is 0 Å². The van der Waals surface area contributed by atoms with Crippen LogP contribution in [-0.2, 0) is 24.3 Å². The summed E-state index contributed by atoms with van der Waals surface area (Å²) in [6, 6.07) is 14.0. The third kappa shape index (κ3) is 6.25. The van der Waals surface area contributed by atoms with Crippen LogP contribution in [0.25, 0.3) is 0 Å². The smallest absolute Gasteiger partial charge is 0.242 e. The maximum Gasteiger partial charge on any atom is 0.242 e. The number of ether oxygens (including phenoxy) is 2. The minimum atomic E-state index is 0. The van der Waals surface area contributed by atoms with Gasteiger partial charge in [0.25, 0.3) is 0 Å². The molecule has 0 saturated heterocycles. The second-order valence-corrected chi connectivity index (χ2v) is 7.27. The van der Waals surface area contributed by atoms with Crippen LogP contribution in [-0.4, -0.2) is 63.1 Å². The van der Waals surface area contributed by atoms with Crippen molar-refractivity contribution in [2.24, 2.45) is 4.99 Å². The lowest BCUT2D eigenvalue weighted by molar-refractivity contribution is -0.130. The fourth-order valence-corrected chi connectivity index (χ4v) is 3.67. The van der Waals surface area contributed by atoms with Crippen molar-refractivity contribution in [1.82, 2.24) is 15.1 Å². The van der Waals surface area contributed by atoms with Crippen molar-refractivity contribution in [2.75, 3.05) is 41.4 Å². The average Bonchev–Trinajstić information content (AvgIpc) is 2.79. The van der Waals surface area contributed by atoms with E-state index in [1.807, 2.05) is 41.1 Å². The lowest BCUT2D eigenvalue weighted by Gasteiger charge is -2.30. The molecule has 3 rings (SSSR count). The first-order chi connectivity index (χ1) is 14.5. The van der Waals surface area contributed by atoms with Gasteiger partial charge in [-0.3, -0.25) is 9.79 Å². The number of rotatable bonds is 6. The lowest BCUT2D eigenvalue weighted by Crippen LogP contribution is -2.46. The van der Waals surface area contributed by atoms with Crippen LogP contribution in [0, 0.1) is 0 Å². The highest BCUT2D eigenvalue weighted by Gasteiger charge is 2.21. The Kier molecular flexibility index (Phi) is 9.42. The maximum atomic E-state index is 12.7. The van der Waals surface area contributed by atoms with E-state index in [0.29, 0.717) is 19.0 Å². The second kappa shape index (κ2) is 11.8. The van der Waals surface area contributed by atoms with Crippen LogP contribution in [0.4, 0.5) is 0 Å². The summed E-state index contributed by atoms with van der Waals surface area (Å²) in [5, 5.41) is 3.19. The number of nitrogens with one attached hydrogen (secondary N) is 1. The highest BCUT2D eigenvalue weighted by atomic mass is 127. The molecule has 0 bridgehead atoms. The number of amides is 1. The largest absolute Gasteiger partial charge is 0.497 e. The van der Waals surface area contributed by atoms with E-state index in [4.69, 9.17) is 9.47 Å². The van der Waals surface area contributed by atoms with Crippen molar-refractivity contribution < 1.29 is 14.3 Å². The van der Waals surface area contributed by atoms with Crippen molar-refractivity contribution in [2.45, 2.75) is 19.5 Å². The van der Waals surface area contributed by atoms with E-state index in [0.717, 1.165) is 30.0 Å². The summed E-state index contributed by atoms with van der Waals surface area (Å²) in [7, 11) is 6.91. The van der Waals surface area contributed by atoms with Crippen LogP contribution in [0.1, 0.15) is 16.7 Å². The Labute approximate surface area is 201 Å². The van der Waals surface area contributed by atoms with Crippen LogP contribution in [0.3, 0.4) is 0 Å². The molecule has 7 nitrogen and oxygen atoms in total. The maximum absolute atomic E-state index is 12.7. The number of nitrogens with zero attached hydrogens (tertiary/aromatic N) is 3. The molecule has 1 heterocycles. The van der Waals surface area contributed by atoms with Crippen molar-refractivity contribution in [3.63, 3.8) is 0 Å². The number of methoxy groups -OCH3 is 2. The van der Waals surface area contributed by atoms with E-state index in [2.05, 4.69) is 28.5 Å². The van der Waals surface area contributed by atoms with E-state index in [1.54, 1.807) is 21.3 Å². The molecule has 1 N–H and O–H groups in total. The van der Waals surface area contributed by atoms with Gasteiger partial charge < -0.3 is 24.6 Å². The Morgan fingerprint density at radius 2 is 1.90 bits per heavy atom. The zero-order valence-electron chi connectivity index (χ0n) is 18.6. The third-order valence-corrected chi connectivity index (χ3v) is 5.36. The molecule has 1 aliphatic heterocycles. The molecule has 1 aliphatic rings. The summed E-state index contributed by atoms with van der Waals surface area (Å²) in [6.45, 7) is 2.19. The van der Waals surface area contributed by atoms with Gasteiger partial charge in [-0.1, -0.05) is 24.3 Å². The molecule has 8 heteroatoms. The predicted molar refractivity (Wildman–Crippen MR) is 133 cm³/mol. The summed E-state index contributed by atoms with van der Waals surface area (Å²) in [6.07, 6.45) is 0.897. The first-order valence-corrected chi connectivity index (χ1v) is 10.0. The monoisotopic (exact) mass is 538 g/mol. The van der Waals surface area contributed by atoms with Crippen molar-refractivity contribution in [3.8, 4) is 11.5 Å². The van der Waals surface area contributed by atoms with Gasteiger partial charge in [0.2, 0.25) is 5.91 Å². The Morgan fingerprint density at radius 3 is 2.58 bits per heavy atom. The van der Waals surface area contributed by atoms with Crippen LogP contribution < -0.4 is 14.8 Å². The molecule has 1 amide bonds. The second-order valence-electron chi connectivity index (χ2n) is 7.27. The SMILES string of the molecule is CN=C(NCC(=O)N1CCc2ccccc2C1)N(C)Cc1ccc(OC)cc1OC.I. The molecule has 168 valence electrons. The fraction of sp³-hybridized carbons (Fsp3) is 0.391. The van der Waals surface area contributed by atoms with Gasteiger partial charge in [0.05, 0.1) is 20.8 Å². The summed E-state index contributed by atoms with van der Waals surface area (Å²) in [4.78, 5) is 20.9. The Hall–Kier alpha value is -2.49. The van der Waals surface area contributed by atoms with Crippen LogP contribution >= 0.6 is 24.0 Å². The number of hydrogen-bond donors (Lipinski definition) is 1. The number of aliphatic imine (C=N–C) groups is 1. The Bertz CT molecular complexity index is 919. The number of halogens is 1. The van der Waals surface area contributed by atoms with E-state index in [1.165, 1.54) is 11.1 Å². The number of fused-ring (bicyclic) bond motifs is 1. The standard InChI is InChI=1S/C23H30N4O3.HI/c1-24-23(26(2)15-19-9-10-20(29-3)13-21(19)30-4)25-14-22(28)27-12-11-17-7-5-6-8-18(17)16-27;/h5-10,13H,11-12,14-16H2,1-4H3,(H,24,25);1H. The molecular formula is C23H31IN4O3. The molecule has 2 aromatic rings. The molecule has 0 saturated carbocycles. The number of guanidine groups is 1. The first kappa shape index (κ1) is 24.8. The minimum Gasteiger partial charge on any atom is -0.497 e. The van der Waals surface area contributed by atoms with E-state index < -0.39 is 0 Å². The fourth-order valence-electron chi connectivity index (χ4n) is 3.67. The zero-order chi connectivity index (χ0) is 21.5. The molecule has 0 atom stereocenters. The summed E-state index contributed by atoms with van der Waals surface area (Å²) in [5.74, 6) is 2.22. The van der Waals surface area contributed by atoms with Gasteiger partial charge in [-0.25, -0.2) is 0 Å². The zero-order valence-corrected chi connectivity index (χ0v) is 20.9. The number of benzene rings is 2. The normalized spacial score (nSPS) is 13.0. The molecule has 0 unspecified atom stereocenters. The topological polar surface area (TPSA) is 66.4 Å². The van der Waals surface area contributed by atoms with Gasteiger partial charge in [-0.05, 0) is 29.7 Å². The van der Waals surface area contributed by atoms with Crippen molar-refractivity contribution >= 4 is 35.8 Å². The first-order valence-electron chi connectivity index (χ1n) is 10.0. The van der Waals surface area contributed by atoms with E-state index in [9.17, 15) is 4.79 Å². The molecule has 0 aromatic heterocycles. The number of hydrogen-bond acceptors (Lipinski definition) is 4. The van der Waals surface area contributed by atoms with Gasteiger partial charge in [-0.2, -0.15) is 0 Å². The highest BCUT2D eigenvalue weighted by Crippen LogP contribution is 2.25. The van der Waals surface area contributed by atoms with Gasteiger partial charge in [0.15, 0.2) is 5.96 Å². The molecule has 0 radical (unpaired) electrons. The quantitative estimate of drug-likeness (QED) is 0.348. The number of carbonyl (C=O) groups is 1. The molecule has 0 spiro atoms. The lowest BCUT2D eigenvalue weighted by atomic mass is 10.00. The van der Waals surface area contributed by atoms with Gasteiger partial charge in [0, 0.05) is 45.4 Å². The van der Waals surface area contributed by atoms with Gasteiger partial charge in [0.1, 0.15) is 11.5 Å². The Balaban J connectivity index is 0.00000341. The minimum absolute atomic E-state index is 0. The van der Waals surface area contributed by atoms with E-state index in [-0.39, 0.29) is 36.4 Å². The van der Waals surface area contributed by atoms with Gasteiger partial charge >= 0.3 is 0 Å². The van der Waals surface area contributed by atoms with Crippen LogP contribution in [0.15, 0.2) is 47.5 Å². The highest BCUT2D eigenvalue weighted by molar-refractivity contribution is 14.0. The summed E-state index contributed by atoms with van der Waals surface area (Å²) in [5.41, 5.74) is 3.56. The average molecular weight is 538 g/mol. The molecule has 0 aliphatic carbocycles. The third-order valence-electron chi connectivity index (χ3n) is 5.36. The molecule has 2 aromatic carbocycles. The van der Waals surface area contributed by atoms with Gasteiger partial charge in [-0.15, -0.1) is 24.0 Å². The Morgan fingerprint density at radius 1 is 1.16 bits per heavy atom.